The number of hydrogen-bond donors (Lipinski definition) is 5. The first-order chi connectivity index (χ1) is 26.9. The van der Waals surface area contributed by atoms with Crippen molar-refractivity contribution in [2.24, 2.45) is 5.92 Å². The fourth-order valence-corrected chi connectivity index (χ4v) is 8.28. The van der Waals surface area contributed by atoms with Gasteiger partial charge in [-0.15, -0.1) is 0 Å². The van der Waals surface area contributed by atoms with Gasteiger partial charge in [-0.3, -0.25) is 9.69 Å². The second-order valence-electron chi connectivity index (χ2n) is 15.1. The molecule has 5 aromatic rings. The zero-order valence-corrected chi connectivity index (χ0v) is 31.6. The van der Waals surface area contributed by atoms with E-state index < -0.39 is 12.1 Å². The number of unbranched alkanes of at least 4 members (excludes halogenated alkanes) is 6. The van der Waals surface area contributed by atoms with Gasteiger partial charge in [-0.05, 0) is 103 Å². The highest BCUT2D eigenvalue weighted by molar-refractivity contribution is 5.88. The van der Waals surface area contributed by atoms with E-state index in [0.29, 0.717) is 35.5 Å². The smallest absolute Gasteiger partial charge is 0.408 e. The van der Waals surface area contributed by atoms with Crippen molar-refractivity contribution >= 4 is 27.8 Å². The van der Waals surface area contributed by atoms with Crippen molar-refractivity contribution in [3.05, 3.63) is 118 Å². The molecule has 3 saturated heterocycles. The molecule has 290 valence electrons. The van der Waals surface area contributed by atoms with E-state index in [0.717, 1.165) is 105 Å². The summed E-state index contributed by atoms with van der Waals surface area (Å²) in [5.41, 5.74) is 2.70. The standard InChI is InChI=1S/C45H54N4O6/c50-39-20-18-36(38-19-21-42(52)47-44(38)39)40(51)29-46-24-8-4-2-1-3-5-9-27-54-34-15-10-14-33(28-34)43(37-17-11-13-31-12-6-7-16-35(31)37)48-45(53)55-41-30-49-25-22-32(41)23-26-49/h6-7,10-21,28,32,40-41,43,46,50-51H,1-5,8-9,22-27,29-30H2,(H,47,52)(H,48,53)/t40-,41+,43?/m1/s1. The number of hydrogen-bond acceptors (Lipinski definition) is 8. The van der Waals surface area contributed by atoms with Crippen LogP contribution in [0.4, 0.5) is 4.79 Å². The number of piperidine rings is 3. The number of aliphatic hydroxyl groups is 1. The Morgan fingerprint density at radius 2 is 1.60 bits per heavy atom. The topological polar surface area (TPSA) is 136 Å². The molecular formula is C45H54N4O6. The minimum Gasteiger partial charge on any atom is -0.506 e. The number of fused-ring (bicyclic) bond motifs is 5. The number of aromatic nitrogens is 1. The number of aromatic hydroxyl groups is 1. The summed E-state index contributed by atoms with van der Waals surface area (Å²) in [6.07, 6.45) is 8.69. The van der Waals surface area contributed by atoms with Crippen molar-refractivity contribution in [1.29, 1.82) is 0 Å². The van der Waals surface area contributed by atoms with Crippen LogP contribution in [0.3, 0.4) is 0 Å². The molecule has 10 nitrogen and oxygen atoms in total. The average Bonchev–Trinajstić information content (AvgIpc) is 3.21. The van der Waals surface area contributed by atoms with Gasteiger partial charge in [0.1, 0.15) is 17.6 Å². The van der Waals surface area contributed by atoms with Crippen molar-refractivity contribution in [3.8, 4) is 11.5 Å². The van der Waals surface area contributed by atoms with E-state index in [4.69, 9.17) is 9.47 Å². The molecule has 8 rings (SSSR count). The van der Waals surface area contributed by atoms with Crippen LogP contribution in [0.2, 0.25) is 0 Å². The molecule has 3 aliphatic rings. The summed E-state index contributed by atoms with van der Waals surface area (Å²) in [6.45, 7) is 4.86. The number of alkyl carbamates (subject to hydrolysis) is 1. The number of phenols is 1. The van der Waals surface area contributed by atoms with E-state index in [1.807, 2.05) is 42.5 Å². The summed E-state index contributed by atoms with van der Waals surface area (Å²) < 4.78 is 12.3. The zero-order chi connectivity index (χ0) is 38.0. The monoisotopic (exact) mass is 746 g/mol. The van der Waals surface area contributed by atoms with Gasteiger partial charge in [-0.1, -0.05) is 92.8 Å². The normalized spacial score (nSPS) is 19.0. The predicted octanol–water partition coefficient (Wildman–Crippen LogP) is 7.73. The van der Waals surface area contributed by atoms with Crippen LogP contribution in [0.1, 0.15) is 86.6 Å². The van der Waals surface area contributed by atoms with Gasteiger partial charge in [0, 0.05) is 24.5 Å². The lowest BCUT2D eigenvalue weighted by Crippen LogP contribution is -2.52. The van der Waals surface area contributed by atoms with Gasteiger partial charge in [0.15, 0.2) is 0 Å². The number of ether oxygens (including phenoxy) is 2. The Morgan fingerprint density at radius 1 is 0.836 bits per heavy atom. The number of benzene rings is 4. The molecule has 2 bridgehead atoms. The lowest BCUT2D eigenvalue weighted by molar-refractivity contribution is -0.0336. The summed E-state index contributed by atoms with van der Waals surface area (Å²) in [7, 11) is 0. The molecule has 3 fully saturated rings. The van der Waals surface area contributed by atoms with Gasteiger partial charge in [-0.25, -0.2) is 4.79 Å². The first-order valence-corrected chi connectivity index (χ1v) is 20.1. The second kappa shape index (κ2) is 18.6. The van der Waals surface area contributed by atoms with Crippen LogP contribution in [0.25, 0.3) is 21.7 Å². The number of carbonyl (C=O) groups is 1. The van der Waals surface area contributed by atoms with Crippen LogP contribution in [-0.2, 0) is 4.74 Å². The lowest BCUT2D eigenvalue weighted by atomic mass is 9.86. The summed E-state index contributed by atoms with van der Waals surface area (Å²) in [5, 5.41) is 30.3. The summed E-state index contributed by atoms with van der Waals surface area (Å²) in [4.78, 5) is 30.2. The molecule has 0 saturated carbocycles. The zero-order valence-electron chi connectivity index (χ0n) is 31.6. The van der Waals surface area contributed by atoms with E-state index >= 15 is 0 Å². The molecule has 3 aliphatic heterocycles. The Kier molecular flexibility index (Phi) is 13.0. The third-order valence-corrected chi connectivity index (χ3v) is 11.3. The quantitative estimate of drug-likeness (QED) is 0.0575. The Labute approximate surface area is 322 Å². The molecule has 55 heavy (non-hydrogen) atoms. The van der Waals surface area contributed by atoms with Crippen molar-refractivity contribution in [1.82, 2.24) is 20.5 Å². The molecule has 0 aliphatic carbocycles. The van der Waals surface area contributed by atoms with Gasteiger partial charge in [0.05, 0.1) is 24.3 Å². The Hall–Kier alpha value is -4.90. The molecule has 4 heterocycles. The number of H-pyrrole nitrogens is 1. The molecule has 3 atom stereocenters. The SMILES string of the molecule is O=C(NC(c1cccc(OCCCCCCCCCNC[C@@H](O)c2ccc(O)c3[nH]c(=O)ccc23)c1)c1cccc2ccccc12)O[C@H]1CN2CCC1CC2. The van der Waals surface area contributed by atoms with E-state index in [1.165, 1.54) is 18.6 Å². The number of carbonyl (C=O) groups excluding carboxylic acids is 1. The third kappa shape index (κ3) is 9.86. The number of pyridine rings is 1. The van der Waals surface area contributed by atoms with Crippen LogP contribution in [0.15, 0.2) is 95.8 Å². The fraction of sp³-hybridized carbons (Fsp3) is 0.422. The minimum absolute atomic E-state index is 0.00982. The molecule has 5 N–H and O–H groups in total. The minimum atomic E-state index is -0.746. The molecule has 4 aromatic carbocycles. The van der Waals surface area contributed by atoms with Crippen LogP contribution in [-0.4, -0.2) is 71.6 Å². The van der Waals surface area contributed by atoms with E-state index in [1.54, 1.807) is 12.1 Å². The maximum atomic E-state index is 13.5. The number of amides is 1. The van der Waals surface area contributed by atoms with Crippen LogP contribution in [0.5, 0.6) is 11.5 Å². The lowest BCUT2D eigenvalue weighted by Gasteiger charge is -2.43. The number of aromatic amines is 1. The van der Waals surface area contributed by atoms with Crippen LogP contribution >= 0.6 is 0 Å². The highest BCUT2D eigenvalue weighted by Gasteiger charge is 2.37. The number of phenolic OH excluding ortho intramolecular Hbond substituents is 1. The molecule has 0 radical (unpaired) electrons. The largest absolute Gasteiger partial charge is 0.506 e. The molecule has 10 heteroatoms. The maximum absolute atomic E-state index is 13.5. The van der Waals surface area contributed by atoms with Gasteiger partial charge in [0.25, 0.3) is 0 Å². The van der Waals surface area contributed by atoms with E-state index in [-0.39, 0.29) is 23.5 Å². The maximum Gasteiger partial charge on any atom is 0.408 e. The average molecular weight is 747 g/mol. The number of nitrogens with zero attached hydrogens (tertiary/aromatic N) is 1. The molecule has 1 amide bonds. The van der Waals surface area contributed by atoms with Crippen molar-refractivity contribution in [2.75, 3.05) is 39.3 Å². The molecule has 1 unspecified atom stereocenters. The Balaban J connectivity index is 0.831. The molecule has 1 aromatic heterocycles. The van der Waals surface area contributed by atoms with Gasteiger partial charge < -0.3 is 35.3 Å². The first-order valence-electron chi connectivity index (χ1n) is 20.1. The van der Waals surface area contributed by atoms with Crippen LogP contribution < -0.4 is 20.9 Å². The van der Waals surface area contributed by atoms with Crippen molar-refractivity contribution < 1.29 is 24.5 Å². The highest BCUT2D eigenvalue weighted by atomic mass is 16.6. The highest BCUT2D eigenvalue weighted by Crippen LogP contribution is 2.33. The predicted molar refractivity (Wildman–Crippen MR) is 217 cm³/mol. The number of aliphatic hydroxyl groups excluding tert-OH is 1. The third-order valence-electron chi connectivity index (χ3n) is 11.3. The van der Waals surface area contributed by atoms with Crippen molar-refractivity contribution in [2.45, 2.75) is 76.0 Å². The summed E-state index contributed by atoms with van der Waals surface area (Å²) >= 11 is 0. The molecular weight excluding hydrogens is 693 g/mol. The summed E-state index contributed by atoms with van der Waals surface area (Å²) in [5.74, 6) is 1.22. The van der Waals surface area contributed by atoms with E-state index in [9.17, 15) is 19.8 Å². The van der Waals surface area contributed by atoms with Gasteiger partial charge in [0.2, 0.25) is 5.56 Å². The van der Waals surface area contributed by atoms with Gasteiger partial charge in [-0.2, -0.15) is 0 Å². The molecule has 0 spiro atoms. The Morgan fingerprint density at radius 3 is 2.42 bits per heavy atom. The van der Waals surface area contributed by atoms with Crippen LogP contribution in [0, 0.1) is 5.92 Å². The van der Waals surface area contributed by atoms with E-state index in [2.05, 4.69) is 44.8 Å². The number of rotatable bonds is 18. The number of nitrogens with one attached hydrogen (secondary N) is 3. The van der Waals surface area contributed by atoms with Gasteiger partial charge >= 0.3 is 6.09 Å². The summed E-state index contributed by atoms with van der Waals surface area (Å²) in [6, 6.07) is 28.4. The Bertz CT molecular complexity index is 2090. The second-order valence-corrected chi connectivity index (χ2v) is 15.1. The fourth-order valence-electron chi connectivity index (χ4n) is 8.28. The van der Waals surface area contributed by atoms with Crippen molar-refractivity contribution in [3.63, 3.8) is 0 Å². The first kappa shape index (κ1) is 38.4.